The van der Waals surface area contributed by atoms with Gasteiger partial charge in [0.15, 0.2) is 0 Å². The first-order valence-corrected chi connectivity index (χ1v) is 8.27. The van der Waals surface area contributed by atoms with E-state index in [1.807, 2.05) is 0 Å². The first kappa shape index (κ1) is 16.5. The van der Waals surface area contributed by atoms with Crippen molar-refractivity contribution in [2.24, 2.45) is 5.92 Å². The number of likely N-dealkylation sites (N-methyl/N-ethyl adjacent to an activating group) is 1. The maximum Gasteiger partial charge on any atom is 0.0763 e. The average Bonchev–Trinajstić information content (AvgIpc) is 2.43. The van der Waals surface area contributed by atoms with Gasteiger partial charge in [-0.3, -0.25) is 0 Å². The molecule has 0 aliphatic heterocycles. The van der Waals surface area contributed by atoms with Crippen LogP contribution < -0.4 is 0 Å². The molecule has 0 bridgehead atoms. The Hall–Kier alpha value is -0.860. The smallest absolute Gasteiger partial charge is 0.0763 e. The Bertz CT molecular complexity index is 472. The minimum Gasteiger partial charge on any atom is -0.391 e. The van der Waals surface area contributed by atoms with E-state index in [9.17, 15) is 5.11 Å². The third-order valence-corrected chi connectivity index (χ3v) is 5.65. The molecule has 0 spiro atoms. The van der Waals surface area contributed by atoms with Gasteiger partial charge in [0.2, 0.25) is 0 Å². The average molecular weight is 289 g/mol. The van der Waals surface area contributed by atoms with Crippen molar-refractivity contribution >= 4 is 0 Å². The van der Waals surface area contributed by atoms with Crippen LogP contribution in [0.2, 0.25) is 0 Å². The van der Waals surface area contributed by atoms with Crippen LogP contribution >= 0.6 is 0 Å². The second-order valence-corrected chi connectivity index (χ2v) is 7.32. The molecule has 1 aliphatic carbocycles. The number of hydrogen-bond donors (Lipinski definition) is 1. The summed E-state index contributed by atoms with van der Waals surface area (Å²) < 4.78 is 0. The van der Waals surface area contributed by atoms with Gasteiger partial charge in [-0.25, -0.2) is 0 Å². The Morgan fingerprint density at radius 3 is 2.33 bits per heavy atom. The highest BCUT2D eigenvalue weighted by atomic mass is 16.3. The lowest BCUT2D eigenvalue weighted by atomic mass is 9.72. The van der Waals surface area contributed by atoms with Crippen LogP contribution in [0.3, 0.4) is 0 Å². The van der Waals surface area contributed by atoms with Crippen molar-refractivity contribution in [2.45, 2.75) is 64.5 Å². The molecular formula is C19H31NO. The Labute approximate surface area is 130 Å². The van der Waals surface area contributed by atoms with E-state index >= 15 is 0 Å². The molecule has 0 aromatic heterocycles. The van der Waals surface area contributed by atoms with Gasteiger partial charge in [-0.2, -0.15) is 0 Å². The van der Waals surface area contributed by atoms with Gasteiger partial charge >= 0.3 is 0 Å². The van der Waals surface area contributed by atoms with E-state index in [0.29, 0.717) is 0 Å². The van der Waals surface area contributed by atoms with E-state index in [-0.39, 0.29) is 11.6 Å². The molecule has 2 heteroatoms. The number of hydrogen-bond acceptors (Lipinski definition) is 2. The summed E-state index contributed by atoms with van der Waals surface area (Å²) in [6.07, 6.45) is 5.13. The lowest BCUT2D eigenvalue weighted by molar-refractivity contribution is -0.0382. The predicted molar refractivity (Wildman–Crippen MR) is 89.7 cm³/mol. The van der Waals surface area contributed by atoms with Crippen molar-refractivity contribution in [1.29, 1.82) is 0 Å². The quantitative estimate of drug-likeness (QED) is 0.913. The van der Waals surface area contributed by atoms with E-state index in [1.54, 1.807) is 0 Å². The minimum absolute atomic E-state index is 0.0503. The zero-order chi connectivity index (χ0) is 15.6. The molecule has 118 valence electrons. The topological polar surface area (TPSA) is 23.5 Å². The van der Waals surface area contributed by atoms with Crippen molar-refractivity contribution in [3.63, 3.8) is 0 Å². The molecule has 2 nitrogen and oxygen atoms in total. The molecule has 1 fully saturated rings. The van der Waals surface area contributed by atoms with Crippen LogP contribution in [0, 0.1) is 19.8 Å². The number of nitrogens with zero attached hydrogens (tertiary/aromatic N) is 1. The fourth-order valence-corrected chi connectivity index (χ4v) is 3.68. The molecule has 0 amide bonds. The van der Waals surface area contributed by atoms with Crippen LogP contribution in [0.15, 0.2) is 18.2 Å². The maximum atomic E-state index is 11.0. The summed E-state index contributed by atoms with van der Waals surface area (Å²) in [5, 5.41) is 11.0. The zero-order valence-corrected chi connectivity index (χ0v) is 14.3. The summed E-state index contributed by atoms with van der Waals surface area (Å²) in [7, 11) is 4.25. The molecule has 1 N–H and O–H groups in total. The third-order valence-electron chi connectivity index (χ3n) is 5.65. The van der Waals surface area contributed by atoms with Crippen LogP contribution in [-0.2, 0) is 6.42 Å². The predicted octanol–water partition coefficient (Wildman–Crippen LogP) is 3.72. The van der Waals surface area contributed by atoms with Gasteiger partial charge in [-0.05, 0) is 76.2 Å². The number of rotatable bonds is 4. The summed E-state index contributed by atoms with van der Waals surface area (Å²) in [4.78, 5) is 2.27. The highest BCUT2D eigenvalue weighted by Crippen LogP contribution is 2.38. The number of benzene rings is 1. The van der Waals surface area contributed by atoms with E-state index in [1.165, 1.54) is 29.5 Å². The molecule has 0 heterocycles. The second-order valence-electron chi connectivity index (χ2n) is 7.32. The van der Waals surface area contributed by atoms with Gasteiger partial charge in [0.25, 0.3) is 0 Å². The molecule has 0 radical (unpaired) electrons. The number of aryl methyl sites for hydroxylation is 2. The van der Waals surface area contributed by atoms with Crippen molar-refractivity contribution < 1.29 is 5.11 Å². The van der Waals surface area contributed by atoms with E-state index in [2.05, 4.69) is 58.0 Å². The lowest BCUT2D eigenvalue weighted by Gasteiger charge is -2.47. The van der Waals surface area contributed by atoms with Crippen molar-refractivity contribution in [2.75, 3.05) is 14.1 Å². The second kappa shape index (κ2) is 6.50. The first-order valence-electron chi connectivity index (χ1n) is 8.27. The van der Waals surface area contributed by atoms with E-state index in [4.69, 9.17) is 0 Å². The standard InChI is InChI=1S/C19H31NO/c1-14-8-10-19(11-9-14,20(4)5)18(21)13-17-7-6-15(2)16(3)12-17/h6-7,12,14,18,21H,8-11,13H2,1-5H3. The highest BCUT2D eigenvalue weighted by molar-refractivity contribution is 5.30. The molecule has 1 aliphatic rings. The van der Waals surface area contributed by atoms with Gasteiger partial charge in [0.1, 0.15) is 0 Å². The summed E-state index contributed by atoms with van der Waals surface area (Å²) in [5.41, 5.74) is 3.84. The fourth-order valence-electron chi connectivity index (χ4n) is 3.68. The third kappa shape index (κ3) is 3.49. The molecule has 1 unspecified atom stereocenters. The Balaban J connectivity index is 2.15. The van der Waals surface area contributed by atoms with E-state index < -0.39 is 0 Å². The SMILES string of the molecule is Cc1ccc(CC(O)C2(N(C)C)CCC(C)CC2)cc1C. The lowest BCUT2D eigenvalue weighted by Crippen LogP contribution is -2.56. The molecule has 1 saturated carbocycles. The Morgan fingerprint density at radius 2 is 1.81 bits per heavy atom. The van der Waals surface area contributed by atoms with Gasteiger partial charge < -0.3 is 10.0 Å². The number of aliphatic hydroxyl groups excluding tert-OH is 1. The van der Waals surface area contributed by atoms with Gasteiger partial charge in [-0.15, -0.1) is 0 Å². The maximum absolute atomic E-state index is 11.0. The molecular weight excluding hydrogens is 258 g/mol. The van der Waals surface area contributed by atoms with Gasteiger partial charge in [0.05, 0.1) is 6.10 Å². The zero-order valence-electron chi connectivity index (χ0n) is 14.3. The Kier molecular flexibility index (Phi) is 5.11. The minimum atomic E-state index is -0.290. The van der Waals surface area contributed by atoms with Crippen LogP contribution in [0.25, 0.3) is 0 Å². The van der Waals surface area contributed by atoms with Crippen LogP contribution in [0.1, 0.15) is 49.3 Å². The monoisotopic (exact) mass is 289 g/mol. The van der Waals surface area contributed by atoms with Crippen molar-refractivity contribution in [1.82, 2.24) is 4.90 Å². The summed E-state index contributed by atoms with van der Waals surface area (Å²) in [6.45, 7) is 6.61. The van der Waals surface area contributed by atoms with Gasteiger partial charge in [0, 0.05) is 12.0 Å². The van der Waals surface area contributed by atoms with Crippen LogP contribution in [0.5, 0.6) is 0 Å². The van der Waals surface area contributed by atoms with Gasteiger partial charge in [-0.1, -0.05) is 25.1 Å². The van der Waals surface area contributed by atoms with Crippen LogP contribution in [-0.4, -0.2) is 35.7 Å². The van der Waals surface area contributed by atoms with Crippen molar-refractivity contribution in [3.8, 4) is 0 Å². The first-order chi connectivity index (χ1) is 9.85. The molecule has 1 aromatic carbocycles. The fraction of sp³-hybridized carbons (Fsp3) is 0.684. The normalized spacial score (nSPS) is 27.9. The van der Waals surface area contributed by atoms with E-state index in [0.717, 1.165) is 25.2 Å². The molecule has 2 rings (SSSR count). The van der Waals surface area contributed by atoms with Crippen LogP contribution in [0.4, 0.5) is 0 Å². The Morgan fingerprint density at radius 1 is 1.19 bits per heavy atom. The number of aliphatic hydroxyl groups is 1. The molecule has 1 atom stereocenters. The summed E-state index contributed by atoms with van der Waals surface area (Å²) in [6, 6.07) is 6.57. The molecule has 0 saturated heterocycles. The molecule has 1 aromatic rings. The summed E-state index contributed by atoms with van der Waals surface area (Å²) >= 11 is 0. The summed E-state index contributed by atoms with van der Waals surface area (Å²) in [5.74, 6) is 0.798. The largest absolute Gasteiger partial charge is 0.391 e. The highest BCUT2D eigenvalue weighted by Gasteiger charge is 2.42. The van der Waals surface area contributed by atoms with Crippen molar-refractivity contribution in [3.05, 3.63) is 34.9 Å². The molecule has 21 heavy (non-hydrogen) atoms.